The Morgan fingerprint density at radius 2 is 1.67 bits per heavy atom. The summed E-state index contributed by atoms with van der Waals surface area (Å²) in [6, 6.07) is 0. The Kier molecular flexibility index (Phi) is 9.81. The molecule has 0 radical (unpaired) electrons. The van der Waals surface area contributed by atoms with Crippen molar-refractivity contribution in [2.24, 2.45) is 11.8 Å². The van der Waals surface area contributed by atoms with E-state index in [1.54, 1.807) is 0 Å². The van der Waals surface area contributed by atoms with E-state index in [4.69, 9.17) is 14.6 Å². The molecule has 0 fully saturated rings. The fourth-order valence-corrected chi connectivity index (χ4v) is 4.83. The van der Waals surface area contributed by atoms with Gasteiger partial charge in [0, 0.05) is 5.56 Å². The maximum Gasteiger partial charge on any atom is 0.311 e. The summed E-state index contributed by atoms with van der Waals surface area (Å²) >= 11 is 0. The lowest BCUT2D eigenvalue weighted by Crippen LogP contribution is -2.37. The molecule has 0 saturated heterocycles. The predicted molar refractivity (Wildman–Crippen MR) is 132 cm³/mol. The molecule has 186 valence electrons. The van der Waals surface area contributed by atoms with Crippen LogP contribution in [0.4, 0.5) is 0 Å². The van der Waals surface area contributed by atoms with Gasteiger partial charge >= 0.3 is 11.9 Å². The molecule has 2 atom stereocenters. The summed E-state index contributed by atoms with van der Waals surface area (Å²) in [5.74, 6) is 1.54. The standard InChI is InChI=1S/C28H44O5/c1-18(2)10-8-11-19(3)12-9-16-28(7)17-15-23-22(6)26(20(4)21(5)27(23)33-28)32-25(31)14-13-24(29)30/h18-19H,8-17H2,1-7H3,(H,29,30). The van der Waals surface area contributed by atoms with Crippen LogP contribution >= 0.6 is 0 Å². The zero-order chi connectivity index (χ0) is 24.8. The van der Waals surface area contributed by atoms with E-state index in [1.807, 2.05) is 20.8 Å². The van der Waals surface area contributed by atoms with Crippen molar-refractivity contribution in [1.29, 1.82) is 0 Å². The number of hydrogen-bond acceptors (Lipinski definition) is 4. The second kappa shape index (κ2) is 11.9. The fraction of sp³-hybridized carbons (Fsp3) is 0.714. The molecular weight excluding hydrogens is 416 g/mol. The summed E-state index contributed by atoms with van der Waals surface area (Å²) in [5.41, 5.74) is 3.76. The van der Waals surface area contributed by atoms with Crippen molar-refractivity contribution in [2.45, 2.75) is 118 Å². The molecule has 0 aliphatic carbocycles. The minimum Gasteiger partial charge on any atom is -0.487 e. The first-order valence-electron chi connectivity index (χ1n) is 12.7. The average molecular weight is 461 g/mol. The van der Waals surface area contributed by atoms with Gasteiger partial charge < -0.3 is 14.6 Å². The lowest BCUT2D eigenvalue weighted by Gasteiger charge is -2.38. The quantitative estimate of drug-likeness (QED) is 0.266. The predicted octanol–water partition coefficient (Wildman–Crippen LogP) is 7.10. The minimum atomic E-state index is -1.00. The lowest BCUT2D eigenvalue weighted by atomic mass is 9.84. The topological polar surface area (TPSA) is 72.8 Å². The van der Waals surface area contributed by atoms with Gasteiger partial charge in [0.1, 0.15) is 17.1 Å². The molecule has 0 saturated carbocycles. The van der Waals surface area contributed by atoms with Crippen LogP contribution in [0.3, 0.4) is 0 Å². The van der Waals surface area contributed by atoms with Crippen LogP contribution in [0.25, 0.3) is 0 Å². The van der Waals surface area contributed by atoms with Crippen molar-refractivity contribution >= 4 is 11.9 Å². The highest BCUT2D eigenvalue weighted by Crippen LogP contribution is 2.45. The third-order valence-electron chi connectivity index (χ3n) is 7.20. The van der Waals surface area contributed by atoms with E-state index in [-0.39, 0.29) is 18.4 Å². The Morgan fingerprint density at radius 1 is 1.00 bits per heavy atom. The third kappa shape index (κ3) is 7.75. The Balaban J connectivity index is 2.03. The lowest BCUT2D eigenvalue weighted by molar-refractivity contribution is -0.142. The largest absolute Gasteiger partial charge is 0.487 e. The van der Waals surface area contributed by atoms with Crippen LogP contribution in [0.1, 0.15) is 108 Å². The third-order valence-corrected chi connectivity index (χ3v) is 7.20. The number of rotatable bonds is 12. The Bertz CT molecular complexity index is 841. The molecule has 2 unspecified atom stereocenters. The number of hydrogen-bond donors (Lipinski definition) is 1. The molecule has 1 aromatic rings. The van der Waals surface area contributed by atoms with Gasteiger partial charge in [-0.25, -0.2) is 0 Å². The van der Waals surface area contributed by atoms with E-state index in [2.05, 4.69) is 27.7 Å². The molecule has 33 heavy (non-hydrogen) atoms. The van der Waals surface area contributed by atoms with Crippen molar-refractivity contribution < 1.29 is 24.2 Å². The van der Waals surface area contributed by atoms with Gasteiger partial charge in [-0.15, -0.1) is 0 Å². The maximum atomic E-state index is 12.2. The molecule has 1 heterocycles. The summed E-state index contributed by atoms with van der Waals surface area (Å²) in [4.78, 5) is 22.9. The number of benzene rings is 1. The Labute approximate surface area is 200 Å². The molecular formula is C28H44O5. The molecule has 5 heteroatoms. The van der Waals surface area contributed by atoms with Gasteiger partial charge in [0.15, 0.2) is 0 Å². The molecule has 0 amide bonds. The number of carboxylic acid groups (broad SMARTS) is 1. The first-order chi connectivity index (χ1) is 15.4. The van der Waals surface area contributed by atoms with Gasteiger partial charge in [-0.3, -0.25) is 9.59 Å². The van der Waals surface area contributed by atoms with Crippen LogP contribution in [-0.4, -0.2) is 22.6 Å². The summed E-state index contributed by atoms with van der Waals surface area (Å²) in [7, 11) is 0. The number of ether oxygens (including phenoxy) is 2. The number of carbonyl (C=O) groups is 2. The highest BCUT2D eigenvalue weighted by Gasteiger charge is 2.34. The van der Waals surface area contributed by atoms with Gasteiger partial charge in [0.25, 0.3) is 0 Å². The molecule has 1 aromatic carbocycles. The SMILES string of the molecule is Cc1c(C)c2c(c(C)c1OC(=O)CCC(=O)O)CCC(C)(CCCC(C)CCCC(C)C)O2. The Morgan fingerprint density at radius 3 is 2.30 bits per heavy atom. The van der Waals surface area contributed by atoms with Crippen molar-refractivity contribution in [3.05, 3.63) is 22.3 Å². The molecule has 1 aliphatic rings. The molecule has 1 N–H and O–H groups in total. The maximum absolute atomic E-state index is 12.2. The summed E-state index contributed by atoms with van der Waals surface area (Å²) in [6.45, 7) is 15.1. The molecule has 0 spiro atoms. The van der Waals surface area contributed by atoms with E-state index in [0.29, 0.717) is 5.75 Å². The first-order valence-corrected chi connectivity index (χ1v) is 12.7. The van der Waals surface area contributed by atoms with Gasteiger partial charge in [-0.05, 0) is 81.9 Å². The second-order valence-corrected chi connectivity index (χ2v) is 10.8. The van der Waals surface area contributed by atoms with Crippen LogP contribution in [0.15, 0.2) is 0 Å². The summed E-state index contributed by atoms with van der Waals surface area (Å²) in [5, 5.41) is 8.81. The van der Waals surface area contributed by atoms with Gasteiger partial charge in [0.05, 0.1) is 12.8 Å². The van der Waals surface area contributed by atoms with Crippen molar-refractivity contribution in [3.8, 4) is 11.5 Å². The number of fused-ring (bicyclic) bond motifs is 1. The zero-order valence-electron chi connectivity index (χ0n) is 21.8. The minimum absolute atomic E-state index is 0.130. The van der Waals surface area contributed by atoms with Crippen LogP contribution in [0, 0.1) is 32.6 Å². The summed E-state index contributed by atoms with van der Waals surface area (Å²) < 4.78 is 12.2. The van der Waals surface area contributed by atoms with E-state index in [0.717, 1.165) is 59.1 Å². The second-order valence-electron chi connectivity index (χ2n) is 10.8. The Hall–Kier alpha value is -2.04. The van der Waals surface area contributed by atoms with Crippen LogP contribution in [-0.2, 0) is 16.0 Å². The normalized spacial score (nSPS) is 18.5. The number of carboxylic acids is 1. The zero-order valence-corrected chi connectivity index (χ0v) is 21.8. The van der Waals surface area contributed by atoms with Crippen molar-refractivity contribution in [3.63, 3.8) is 0 Å². The van der Waals surface area contributed by atoms with Crippen LogP contribution in [0.2, 0.25) is 0 Å². The highest BCUT2D eigenvalue weighted by molar-refractivity contribution is 5.79. The average Bonchev–Trinajstić information content (AvgIpc) is 2.73. The van der Waals surface area contributed by atoms with Gasteiger partial charge in [-0.1, -0.05) is 46.5 Å². The number of carbonyl (C=O) groups excluding carboxylic acids is 1. The first kappa shape index (κ1) is 27.2. The fourth-order valence-electron chi connectivity index (χ4n) is 4.83. The molecule has 2 rings (SSSR count). The number of aliphatic carboxylic acids is 1. The molecule has 0 bridgehead atoms. The van der Waals surface area contributed by atoms with Crippen molar-refractivity contribution in [2.75, 3.05) is 0 Å². The monoisotopic (exact) mass is 460 g/mol. The van der Waals surface area contributed by atoms with Crippen LogP contribution in [0.5, 0.6) is 11.5 Å². The van der Waals surface area contributed by atoms with E-state index in [9.17, 15) is 9.59 Å². The number of esters is 1. The van der Waals surface area contributed by atoms with E-state index < -0.39 is 11.9 Å². The van der Waals surface area contributed by atoms with Gasteiger partial charge in [0.2, 0.25) is 0 Å². The highest BCUT2D eigenvalue weighted by atomic mass is 16.5. The molecule has 5 nitrogen and oxygen atoms in total. The van der Waals surface area contributed by atoms with Gasteiger partial charge in [-0.2, -0.15) is 0 Å². The summed E-state index contributed by atoms with van der Waals surface area (Å²) in [6.07, 6.45) is 8.89. The van der Waals surface area contributed by atoms with Crippen LogP contribution < -0.4 is 9.47 Å². The molecule has 0 aromatic heterocycles. The molecule has 1 aliphatic heterocycles. The van der Waals surface area contributed by atoms with E-state index >= 15 is 0 Å². The van der Waals surface area contributed by atoms with E-state index in [1.165, 1.54) is 32.1 Å². The van der Waals surface area contributed by atoms with Crippen molar-refractivity contribution in [1.82, 2.24) is 0 Å². The smallest absolute Gasteiger partial charge is 0.311 e.